The number of hydrogen-bond acceptors (Lipinski definition) is 5. The van der Waals surface area contributed by atoms with Crippen LogP contribution in [-0.2, 0) is 19.9 Å². The van der Waals surface area contributed by atoms with Gasteiger partial charge in [0, 0.05) is 17.2 Å². The molecule has 0 spiro atoms. The summed E-state index contributed by atoms with van der Waals surface area (Å²) in [6.07, 6.45) is 5.17. The molecule has 0 aliphatic heterocycles. The monoisotopic (exact) mass is 344 g/mol. The van der Waals surface area contributed by atoms with Crippen LogP contribution in [0.1, 0.15) is 28.8 Å². The van der Waals surface area contributed by atoms with E-state index in [2.05, 4.69) is 10.3 Å². The summed E-state index contributed by atoms with van der Waals surface area (Å²) in [7, 11) is 1.32. The highest BCUT2D eigenvalue weighted by Crippen LogP contribution is 2.27. The zero-order chi connectivity index (χ0) is 17.6. The van der Waals surface area contributed by atoms with Gasteiger partial charge in [-0.25, -0.2) is 9.78 Å². The summed E-state index contributed by atoms with van der Waals surface area (Å²) in [4.78, 5) is 29.8. The molecular formula is C18H20N2O3S. The molecule has 5 nitrogen and oxygen atoms in total. The molecule has 2 aromatic rings. The number of aromatic nitrogens is 1. The van der Waals surface area contributed by atoms with Gasteiger partial charge in [0.15, 0.2) is 5.54 Å². The predicted octanol–water partition coefficient (Wildman–Crippen LogP) is 3.06. The van der Waals surface area contributed by atoms with Crippen molar-refractivity contribution < 1.29 is 14.3 Å². The summed E-state index contributed by atoms with van der Waals surface area (Å²) in [5, 5.41) is 3.74. The fraction of sp³-hybridized carbons (Fsp3) is 0.278. The van der Waals surface area contributed by atoms with E-state index in [4.69, 9.17) is 4.74 Å². The second-order valence-electron chi connectivity index (χ2n) is 5.22. The van der Waals surface area contributed by atoms with Crippen LogP contribution >= 0.6 is 11.3 Å². The summed E-state index contributed by atoms with van der Waals surface area (Å²) in [6, 6.07) is 9.11. The van der Waals surface area contributed by atoms with Crippen LogP contribution in [0.25, 0.3) is 6.08 Å². The van der Waals surface area contributed by atoms with Crippen molar-refractivity contribution in [1.29, 1.82) is 0 Å². The number of esters is 1. The highest BCUT2D eigenvalue weighted by Gasteiger charge is 2.40. The van der Waals surface area contributed by atoms with Gasteiger partial charge in [-0.3, -0.25) is 4.79 Å². The van der Waals surface area contributed by atoms with Crippen LogP contribution < -0.4 is 5.32 Å². The average molecular weight is 344 g/mol. The molecule has 24 heavy (non-hydrogen) atoms. The maximum atomic E-state index is 12.4. The van der Waals surface area contributed by atoms with Crippen molar-refractivity contribution in [3.8, 4) is 0 Å². The van der Waals surface area contributed by atoms with Crippen LogP contribution in [0.5, 0.6) is 0 Å². The van der Waals surface area contributed by atoms with Crippen LogP contribution in [0.4, 0.5) is 0 Å². The SMILES string of the molecule is CCC(NC(=O)C=Cc1cnc(C)s1)(C(=O)OC)c1ccccc1. The van der Waals surface area contributed by atoms with Gasteiger partial charge >= 0.3 is 5.97 Å². The third-order valence-electron chi connectivity index (χ3n) is 3.71. The lowest BCUT2D eigenvalue weighted by atomic mass is 9.87. The number of carbonyl (C=O) groups is 2. The Morgan fingerprint density at radius 3 is 2.58 bits per heavy atom. The lowest BCUT2D eigenvalue weighted by Gasteiger charge is -2.31. The number of hydrogen-bond donors (Lipinski definition) is 1. The minimum atomic E-state index is -1.21. The van der Waals surface area contributed by atoms with E-state index in [1.54, 1.807) is 24.4 Å². The molecule has 1 heterocycles. The summed E-state index contributed by atoms with van der Waals surface area (Å²) >= 11 is 1.49. The molecule has 0 bridgehead atoms. The highest BCUT2D eigenvalue weighted by molar-refractivity contribution is 7.12. The molecule has 0 fully saturated rings. The quantitative estimate of drug-likeness (QED) is 0.646. The zero-order valence-electron chi connectivity index (χ0n) is 13.9. The van der Waals surface area contributed by atoms with Crippen molar-refractivity contribution in [2.24, 2.45) is 0 Å². The Labute approximate surface area is 145 Å². The molecule has 126 valence electrons. The maximum absolute atomic E-state index is 12.4. The Morgan fingerprint density at radius 2 is 2.04 bits per heavy atom. The smallest absolute Gasteiger partial charge is 0.336 e. The molecule has 0 aliphatic rings. The number of ether oxygens (including phenoxy) is 1. The molecule has 0 radical (unpaired) electrons. The van der Waals surface area contributed by atoms with Crippen molar-refractivity contribution in [1.82, 2.24) is 10.3 Å². The summed E-state index contributed by atoms with van der Waals surface area (Å²) in [5.74, 6) is -0.858. The standard InChI is InChI=1S/C18H20N2O3S/c1-4-18(17(22)23-3,14-8-6-5-7-9-14)20-16(21)11-10-15-12-19-13(2)24-15/h5-12H,4H2,1-3H3,(H,20,21). The van der Waals surface area contributed by atoms with Crippen molar-refractivity contribution >= 4 is 29.3 Å². The topological polar surface area (TPSA) is 68.3 Å². The third-order valence-corrected chi connectivity index (χ3v) is 4.58. The first-order valence-electron chi connectivity index (χ1n) is 7.58. The molecule has 6 heteroatoms. The second-order valence-corrected chi connectivity index (χ2v) is 6.49. The molecule has 2 rings (SSSR count). The van der Waals surface area contributed by atoms with Crippen LogP contribution in [-0.4, -0.2) is 24.0 Å². The van der Waals surface area contributed by atoms with Gasteiger partial charge in [-0.1, -0.05) is 37.3 Å². The average Bonchev–Trinajstić information content (AvgIpc) is 3.03. The molecule has 1 aromatic carbocycles. The van der Waals surface area contributed by atoms with Crippen molar-refractivity contribution in [3.05, 3.63) is 58.1 Å². The van der Waals surface area contributed by atoms with Gasteiger partial charge in [-0.05, 0) is 25.0 Å². The third kappa shape index (κ3) is 3.89. The Hall–Kier alpha value is -2.47. The van der Waals surface area contributed by atoms with Gasteiger partial charge in [0.25, 0.3) is 0 Å². The number of benzene rings is 1. The molecule has 1 atom stereocenters. The van der Waals surface area contributed by atoms with E-state index in [1.165, 1.54) is 24.5 Å². The van der Waals surface area contributed by atoms with E-state index in [-0.39, 0.29) is 5.91 Å². The normalized spacial score (nSPS) is 13.5. The van der Waals surface area contributed by atoms with Crippen LogP contribution in [0.15, 0.2) is 42.6 Å². The van der Waals surface area contributed by atoms with E-state index >= 15 is 0 Å². The minimum Gasteiger partial charge on any atom is -0.467 e. The Balaban J connectivity index is 2.26. The minimum absolute atomic E-state index is 0.364. The Bertz CT molecular complexity index is 740. The second kappa shape index (κ2) is 7.88. The number of rotatable bonds is 6. The first kappa shape index (κ1) is 17.9. The van der Waals surface area contributed by atoms with Gasteiger partial charge < -0.3 is 10.1 Å². The molecular weight excluding hydrogens is 324 g/mol. The summed E-state index contributed by atoms with van der Waals surface area (Å²) < 4.78 is 4.94. The van der Waals surface area contributed by atoms with Crippen LogP contribution in [0.2, 0.25) is 0 Å². The van der Waals surface area contributed by atoms with Crippen LogP contribution in [0.3, 0.4) is 0 Å². The Morgan fingerprint density at radius 1 is 1.33 bits per heavy atom. The largest absolute Gasteiger partial charge is 0.467 e. The molecule has 1 amide bonds. The molecule has 0 aliphatic carbocycles. The molecule has 0 saturated heterocycles. The van der Waals surface area contributed by atoms with Gasteiger partial charge in [0.2, 0.25) is 5.91 Å². The maximum Gasteiger partial charge on any atom is 0.336 e. The first-order chi connectivity index (χ1) is 11.5. The number of thiazole rings is 1. The first-order valence-corrected chi connectivity index (χ1v) is 8.40. The Kier molecular flexibility index (Phi) is 5.87. The van der Waals surface area contributed by atoms with E-state index in [9.17, 15) is 9.59 Å². The summed E-state index contributed by atoms with van der Waals surface area (Å²) in [6.45, 7) is 3.73. The fourth-order valence-corrected chi connectivity index (χ4v) is 3.13. The van der Waals surface area contributed by atoms with Gasteiger partial charge in [0.05, 0.1) is 12.1 Å². The number of amides is 1. The van der Waals surface area contributed by atoms with Crippen molar-refractivity contribution in [3.63, 3.8) is 0 Å². The molecule has 1 aromatic heterocycles. The molecule has 1 N–H and O–H groups in total. The molecule has 1 unspecified atom stereocenters. The van der Waals surface area contributed by atoms with E-state index in [0.29, 0.717) is 12.0 Å². The fourth-order valence-electron chi connectivity index (χ4n) is 2.44. The number of nitrogens with zero attached hydrogens (tertiary/aromatic N) is 1. The van der Waals surface area contributed by atoms with Gasteiger partial charge in [-0.15, -0.1) is 11.3 Å². The van der Waals surface area contributed by atoms with Gasteiger partial charge in [-0.2, -0.15) is 0 Å². The molecule has 0 saturated carbocycles. The number of methoxy groups -OCH3 is 1. The van der Waals surface area contributed by atoms with E-state index in [0.717, 1.165) is 9.88 Å². The van der Waals surface area contributed by atoms with Crippen LogP contribution in [0, 0.1) is 6.92 Å². The van der Waals surface area contributed by atoms with E-state index < -0.39 is 11.5 Å². The number of carbonyl (C=O) groups excluding carboxylic acids is 2. The lowest BCUT2D eigenvalue weighted by molar-refractivity contribution is -0.151. The number of aryl methyl sites for hydroxylation is 1. The highest BCUT2D eigenvalue weighted by atomic mass is 32.1. The number of nitrogens with one attached hydrogen (secondary N) is 1. The van der Waals surface area contributed by atoms with Crippen molar-refractivity contribution in [2.75, 3.05) is 7.11 Å². The predicted molar refractivity (Wildman–Crippen MR) is 94.5 cm³/mol. The summed E-state index contributed by atoms with van der Waals surface area (Å²) in [5.41, 5.74) is -0.518. The lowest BCUT2D eigenvalue weighted by Crippen LogP contribution is -2.51. The van der Waals surface area contributed by atoms with Crippen molar-refractivity contribution in [2.45, 2.75) is 25.8 Å². The van der Waals surface area contributed by atoms with Gasteiger partial charge in [0.1, 0.15) is 0 Å². The van der Waals surface area contributed by atoms with E-state index in [1.807, 2.05) is 32.0 Å². The zero-order valence-corrected chi connectivity index (χ0v) is 14.7.